The highest BCUT2D eigenvalue weighted by Gasteiger charge is 2.43. The number of aromatic amines is 1. The van der Waals surface area contributed by atoms with Crippen LogP contribution in [0.3, 0.4) is 0 Å². The van der Waals surface area contributed by atoms with E-state index in [0.29, 0.717) is 10.7 Å². The van der Waals surface area contributed by atoms with Gasteiger partial charge in [0.2, 0.25) is 0 Å². The normalized spacial score (nSPS) is 22.2. The first-order valence-electron chi connectivity index (χ1n) is 9.25. The van der Waals surface area contributed by atoms with Crippen LogP contribution in [0.25, 0.3) is 0 Å². The first kappa shape index (κ1) is 19.9. The minimum absolute atomic E-state index is 0.0505. The van der Waals surface area contributed by atoms with E-state index in [1.165, 1.54) is 41.1 Å². The molecular weight excluding hydrogens is 414 g/mol. The van der Waals surface area contributed by atoms with Crippen molar-refractivity contribution in [3.8, 4) is 0 Å². The predicted molar refractivity (Wildman–Crippen MR) is 111 cm³/mol. The Morgan fingerprint density at radius 3 is 2.93 bits per heavy atom. The number of thioether (sulfide) groups is 1. The molecule has 0 fully saturated rings. The van der Waals surface area contributed by atoms with E-state index in [1.807, 2.05) is 0 Å². The van der Waals surface area contributed by atoms with E-state index in [0.717, 1.165) is 31.3 Å². The van der Waals surface area contributed by atoms with Crippen molar-refractivity contribution in [3.63, 3.8) is 0 Å². The van der Waals surface area contributed by atoms with Crippen LogP contribution in [0.15, 0.2) is 39.4 Å². The number of carboxylic acids is 1. The van der Waals surface area contributed by atoms with Gasteiger partial charge in [-0.25, -0.2) is 14.2 Å². The molecule has 1 amide bonds. The summed E-state index contributed by atoms with van der Waals surface area (Å²) in [5, 5.41) is 28.0. The van der Waals surface area contributed by atoms with Crippen LogP contribution in [0.4, 0.5) is 0 Å². The number of fused-ring (bicyclic) bond motifs is 2. The average molecular weight is 436 g/mol. The lowest BCUT2D eigenvalue weighted by Crippen LogP contribution is -2.46. The van der Waals surface area contributed by atoms with Crippen molar-refractivity contribution in [1.29, 1.82) is 0 Å². The van der Waals surface area contributed by atoms with Gasteiger partial charge in [0, 0.05) is 35.2 Å². The van der Waals surface area contributed by atoms with Crippen LogP contribution in [0.2, 0.25) is 0 Å². The minimum atomic E-state index is -1.16. The molecule has 4 rings (SSSR count). The average Bonchev–Trinajstić information content (AvgIpc) is 3.34. The number of hydrazone groups is 1. The summed E-state index contributed by atoms with van der Waals surface area (Å²) >= 11 is 2.76. The lowest BCUT2D eigenvalue weighted by Gasteiger charge is -2.29. The molecule has 3 heterocycles. The van der Waals surface area contributed by atoms with Crippen LogP contribution in [0, 0.1) is 0 Å². The molecule has 0 radical (unpaired) electrons. The number of carbonyl (C=O) groups is 2. The van der Waals surface area contributed by atoms with Gasteiger partial charge in [0.05, 0.1) is 6.33 Å². The van der Waals surface area contributed by atoms with Crippen LogP contribution in [0.1, 0.15) is 31.4 Å². The number of nitrogens with zero attached hydrogens (tertiary/aromatic N) is 3. The second-order valence-electron chi connectivity index (χ2n) is 6.97. The van der Waals surface area contributed by atoms with Gasteiger partial charge in [-0.05, 0) is 37.5 Å². The van der Waals surface area contributed by atoms with Crippen LogP contribution < -0.4 is 5.32 Å². The first-order chi connectivity index (χ1) is 14.0. The Morgan fingerprint density at radius 1 is 1.45 bits per heavy atom. The zero-order chi connectivity index (χ0) is 20.5. The molecule has 0 saturated carbocycles. The predicted octanol–water partition coefficient (Wildman–Crippen LogP) is 2.18. The zero-order valence-electron chi connectivity index (χ0n) is 15.7. The second kappa shape index (κ2) is 8.15. The van der Waals surface area contributed by atoms with Crippen LogP contribution in [-0.4, -0.2) is 59.9 Å². The minimum Gasteiger partial charge on any atom is -0.509 e. The number of amides is 1. The highest BCUT2D eigenvalue weighted by molar-refractivity contribution is 8.14. The third-order valence-corrected chi connectivity index (χ3v) is 6.97. The van der Waals surface area contributed by atoms with Gasteiger partial charge in [0.15, 0.2) is 0 Å². The van der Waals surface area contributed by atoms with E-state index in [9.17, 15) is 19.8 Å². The number of hydrogen-bond donors (Lipinski definition) is 4. The van der Waals surface area contributed by atoms with Crippen molar-refractivity contribution in [1.82, 2.24) is 19.7 Å². The third-order valence-electron chi connectivity index (χ3n) is 5.13. The van der Waals surface area contributed by atoms with Gasteiger partial charge in [0.25, 0.3) is 5.91 Å². The standard InChI is InChI=1S/C18H21N5O4S2/c1-28-17-13(16(25)21-11(18(26)27)6-9-7-19-8-20-9)15(24)14-10-4-2-3-5-12(10)29-23(14)22-17/h7-8,11,14,24H,2-6H2,1H3,(H,19,20)(H,21,25)(H,26,27). The Bertz CT molecular complexity index is 925. The number of aliphatic hydroxyl groups is 1. The quantitative estimate of drug-likeness (QED) is 0.518. The molecule has 1 aromatic heterocycles. The number of imidazole rings is 1. The molecule has 2 unspecified atom stereocenters. The Morgan fingerprint density at radius 2 is 2.24 bits per heavy atom. The summed E-state index contributed by atoms with van der Waals surface area (Å²) in [5.41, 5.74) is 1.75. The van der Waals surface area contributed by atoms with E-state index in [-0.39, 0.29) is 17.8 Å². The fourth-order valence-electron chi connectivity index (χ4n) is 3.73. The van der Waals surface area contributed by atoms with Crippen LogP contribution >= 0.6 is 23.7 Å². The fourth-order valence-corrected chi connectivity index (χ4v) is 5.60. The smallest absolute Gasteiger partial charge is 0.326 e. The van der Waals surface area contributed by atoms with Gasteiger partial charge in [-0.1, -0.05) is 0 Å². The SMILES string of the molecule is CSC1=NN2SC3=C(CCCC3)C2C(O)=C1C(=O)NC(Cc1cnc[nH]1)C(=O)O. The molecule has 9 nitrogen and oxygen atoms in total. The number of carbonyl (C=O) groups excluding carboxylic acids is 1. The summed E-state index contributed by atoms with van der Waals surface area (Å²) in [6, 6.07) is -1.62. The van der Waals surface area contributed by atoms with Crippen molar-refractivity contribution in [3.05, 3.63) is 40.0 Å². The molecule has 0 spiro atoms. The summed E-state index contributed by atoms with van der Waals surface area (Å²) in [6.45, 7) is 0. The molecule has 0 aromatic carbocycles. The van der Waals surface area contributed by atoms with Gasteiger partial charge in [-0.2, -0.15) is 5.10 Å². The number of carboxylic acid groups (broad SMARTS) is 1. The molecular formula is C18H21N5O4S2. The molecule has 4 N–H and O–H groups in total. The zero-order valence-corrected chi connectivity index (χ0v) is 17.3. The Labute approximate surface area is 175 Å². The highest BCUT2D eigenvalue weighted by Crippen LogP contribution is 2.49. The maximum atomic E-state index is 13.0. The second-order valence-corrected chi connectivity index (χ2v) is 8.81. The number of aromatic nitrogens is 2. The maximum Gasteiger partial charge on any atom is 0.326 e. The number of hydrogen-bond acceptors (Lipinski definition) is 8. The van der Waals surface area contributed by atoms with E-state index < -0.39 is 24.0 Å². The molecule has 11 heteroatoms. The van der Waals surface area contributed by atoms with Crippen LogP contribution in [0.5, 0.6) is 0 Å². The maximum absolute atomic E-state index is 13.0. The summed E-state index contributed by atoms with van der Waals surface area (Å²) in [4.78, 5) is 32.6. The van der Waals surface area contributed by atoms with E-state index in [1.54, 1.807) is 10.7 Å². The molecule has 1 aliphatic carbocycles. The van der Waals surface area contributed by atoms with Crippen molar-refractivity contribution in [2.45, 2.75) is 44.2 Å². The number of H-pyrrole nitrogens is 1. The number of allylic oxidation sites excluding steroid dienone is 1. The molecule has 3 aliphatic rings. The summed E-state index contributed by atoms with van der Waals surface area (Å²) < 4.78 is 1.76. The van der Waals surface area contributed by atoms with Gasteiger partial charge in [-0.3, -0.25) is 4.79 Å². The molecule has 2 atom stereocenters. The van der Waals surface area contributed by atoms with Gasteiger partial charge >= 0.3 is 5.97 Å². The lowest BCUT2D eigenvalue weighted by molar-refractivity contribution is -0.141. The van der Waals surface area contributed by atoms with Crippen LogP contribution in [-0.2, 0) is 16.0 Å². The molecule has 1 aromatic rings. The summed E-state index contributed by atoms with van der Waals surface area (Å²) in [5.74, 6) is -1.87. The Balaban J connectivity index is 1.61. The van der Waals surface area contributed by atoms with E-state index in [2.05, 4.69) is 20.4 Å². The number of rotatable bonds is 5. The van der Waals surface area contributed by atoms with E-state index >= 15 is 0 Å². The third kappa shape index (κ3) is 3.76. The number of aliphatic carboxylic acids is 1. The summed E-state index contributed by atoms with van der Waals surface area (Å²) in [6.07, 6.45) is 8.76. The fraction of sp³-hybridized carbons (Fsp3) is 0.444. The molecule has 0 bridgehead atoms. The summed E-state index contributed by atoms with van der Waals surface area (Å²) in [7, 11) is 0. The van der Waals surface area contributed by atoms with Crippen molar-refractivity contribution in [2.24, 2.45) is 5.10 Å². The van der Waals surface area contributed by atoms with E-state index in [4.69, 9.17) is 0 Å². The van der Waals surface area contributed by atoms with Crippen molar-refractivity contribution >= 4 is 40.6 Å². The first-order valence-corrected chi connectivity index (χ1v) is 11.3. The molecule has 29 heavy (non-hydrogen) atoms. The molecule has 2 aliphatic heterocycles. The lowest BCUT2D eigenvalue weighted by atomic mass is 9.91. The van der Waals surface area contributed by atoms with Gasteiger partial charge < -0.3 is 20.5 Å². The van der Waals surface area contributed by atoms with Crippen molar-refractivity contribution < 1.29 is 19.8 Å². The number of nitrogens with one attached hydrogen (secondary N) is 2. The van der Waals surface area contributed by atoms with Gasteiger partial charge in [0.1, 0.15) is 28.5 Å². The van der Waals surface area contributed by atoms with Gasteiger partial charge in [-0.15, -0.1) is 11.8 Å². The topological polar surface area (TPSA) is 131 Å². The Hall–Kier alpha value is -2.40. The highest BCUT2D eigenvalue weighted by atomic mass is 32.2. The van der Waals surface area contributed by atoms with Crippen molar-refractivity contribution in [2.75, 3.05) is 6.26 Å². The molecule has 154 valence electrons. The number of aliphatic hydroxyl groups excluding tert-OH is 1. The largest absolute Gasteiger partial charge is 0.509 e. The Kier molecular flexibility index (Phi) is 5.59. The molecule has 0 saturated heterocycles. The monoisotopic (exact) mass is 435 g/mol.